The third-order valence-corrected chi connectivity index (χ3v) is 5.36. The number of benzene rings is 2. The quantitative estimate of drug-likeness (QED) is 0.726. The molecule has 0 aliphatic carbocycles. The van der Waals surface area contributed by atoms with E-state index in [1.165, 1.54) is 17.0 Å². The zero-order valence-corrected chi connectivity index (χ0v) is 16.7. The van der Waals surface area contributed by atoms with E-state index in [1.807, 2.05) is 32.0 Å². The highest BCUT2D eigenvalue weighted by Crippen LogP contribution is 2.31. The first kappa shape index (κ1) is 19.4. The summed E-state index contributed by atoms with van der Waals surface area (Å²) in [7, 11) is 1.65. The summed E-state index contributed by atoms with van der Waals surface area (Å²) in [5.74, 6) is -1.41. The smallest absolute Gasteiger partial charge is 0.262 e. The highest BCUT2D eigenvalue weighted by atomic mass is 35.5. The fourth-order valence-electron chi connectivity index (χ4n) is 3.05. The maximum absolute atomic E-state index is 12.6. The number of nitrogens with zero attached hydrogens (tertiary/aromatic N) is 2. The highest BCUT2D eigenvalue weighted by molar-refractivity contribution is 6.43. The van der Waals surface area contributed by atoms with Crippen molar-refractivity contribution < 1.29 is 14.4 Å². The second-order valence-electron chi connectivity index (χ2n) is 6.69. The Morgan fingerprint density at radius 2 is 1.56 bits per heavy atom. The first-order valence-electron chi connectivity index (χ1n) is 8.34. The third-order valence-electron chi connectivity index (χ3n) is 4.64. The molecule has 0 unspecified atom stereocenters. The van der Waals surface area contributed by atoms with Gasteiger partial charge in [-0.05, 0) is 37.1 Å². The number of hydrogen-bond acceptors (Lipinski definition) is 3. The number of carbonyl (C=O) groups excluding carboxylic acids is 3. The monoisotopic (exact) mass is 404 g/mol. The van der Waals surface area contributed by atoms with E-state index in [-0.39, 0.29) is 33.6 Å². The summed E-state index contributed by atoms with van der Waals surface area (Å²) in [4.78, 5) is 40.0. The van der Waals surface area contributed by atoms with Crippen LogP contribution in [0.15, 0.2) is 30.3 Å². The van der Waals surface area contributed by atoms with Gasteiger partial charge in [-0.25, -0.2) is 0 Å². The van der Waals surface area contributed by atoms with Crippen LogP contribution in [0.1, 0.15) is 37.4 Å². The van der Waals surface area contributed by atoms with Gasteiger partial charge in [0.25, 0.3) is 11.8 Å². The Balaban J connectivity index is 1.74. The molecule has 0 saturated heterocycles. The first-order valence-corrected chi connectivity index (χ1v) is 9.10. The van der Waals surface area contributed by atoms with Crippen molar-refractivity contribution in [3.05, 3.63) is 68.2 Å². The zero-order chi connectivity index (χ0) is 19.9. The van der Waals surface area contributed by atoms with E-state index in [9.17, 15) is 14.4 Å². The van der Waals surface area contributed by atoms with Gasteiger partial charge in [-0.2, -0.15) is 0 Å². The topological polar surface area (TPSA) is 57.7 Å². The number of aryl methyl sites for hydroxylation is 2. The average Bonchev–Trinajstić information content (AvgIpc) is 2.82. The molecule has 140 valence electrons. The lowest BCUT2D eigenvalue weighted by molar-refractivity contribution is -0.130. The molecule has 0 aromatic heterocycles. The minimum Gasteiger partial charge on any atom is -0.340 e. The number of hydrogen-bond donors (Lipinski definition) is 0. The van der Waals surface area contributed by atoms with Crippen molar-refractivity contribution >= 4 is 40.9 Å². The molecule has 2 aromatic rings. The van der Waals surface area contributed by atoms with Gasteiger partial charge in [0, 0.05) is 13.6 Å². The van der Waals surface area contributed by atoms with E-state index in [0.717, 1.165) is 21.6 Å². The average molecular weight is 405 g/mol. The lowest BCUT2D eigenvalue weighted by Crippen LogP contribution is -2.41. The molecule has 0 radical (unpaired) electrons. The van der Waals surface area contributed by atoms with Crippen LogP contribution in [0.2, 0.25) is 10.0 Å². The molecular weight excluding hydrogens is 387 g/mol. The maximum Gasteiger partial charge on any atom is 0.262 e. The molecule has 0 fully saturated rings. The summed E-state index contributed by atoms with van der Waals surface area (Å²) in [5.41, 5.74) is 3.57. The SMILES string of the molecule is Cc1ccc(CN(C)C(=O)CN2C(=O)c3cc(Cl)c(Cl)cc3C2=O)c(C)c1. The summed E-state index contributed by atoms with van der Waals surface area (Å²) in [6.45, 7) is 4.06. The van der Waals surface area contributed by atoms with Crippen LogP contribution < -0.4 is 0 Å². The Kier molecular flexibility index (Phi) is 5.27. The molecule has 0 saturated carbocycles. The lowest BCUT2D eigenvalue weighted by Gasteiger charge is -2.21. The van der Waals surface area contributed by atoms with Gasteiger partial charge >= 0.3 is 0 Å². The molecule has 3 amide bonds. The highest BCUT2D eigenvalue weighted by Gasteiger charge is 2.37. The van der Waals surface area contributed by atoms with Crippen molar-refractivity contribution in [3.63, 3.8) is 0 Å². The van der Waals surface area contributed by atoms with Gasteiger partial charge in [0.2, 0.25) is 5.91 Å². The lowest BCUT2D eigenvalue weighted by atomic mass is 10.1. The zero-order valence-electron chi connectivity index (χ0n) is 15.2. The number of fused-ring (bicyclic) bond motifs is 1. The Morgan fingerprint density at radius 3 is 2.07 bits per heavy atom. The molecule has 7 heteroatoms. The van der Waals surface area contributed by atoms with Gasteiger partial charge in [-0.3, -0.25) is 19.3 Å². The van der Waals surface area contributed by atoms with Crippen LogP contribution in [0.5, 0.6) is 0 Å². The van der Waals surface area contributed by atoms with Crippen LogP contribution in [-0.4, -0.2) is 41.1 Å². The Labute approximate surface area is 167 Å². The van der Waals surface area contributed by atoms with E-state index < -0.39 is 11.8 Å². The number of carbonyl (C=O) groups is 3. The van der Waals surface area contributed by atoms with Crippen LogP contribution in [0.4, 0.5) is 0 Å². The largest absolute Gasteiger partial charge is 0.340 e. The maximum atomic E-state index is 12.6. The van der Waals surface area contributed by atoms with Crippen molar-refractivity contribution in [2.45, 2.75) is 20.4 Å². The molecular formula is C20H18Cl2N2O3. The van der Waals surface area contributed by atoms with Gasteiger partial charge in [-0.1, -0.05) is 47.0 Å². The molecule has 0 spiro atoms. The van der Waals surface area contributed by atoms with Crippen molar-refractivity contribution in [2.75, 3.05) is 13.6 Å². The van der Waals surface area contributed by atoms with E-state index in [1.54, 1.807) is 7.05 Å². The number of likely N-dealkylation sites (N-methyl/N-ethyl adjacent to an activating group) is 1. The van der Waals surface area contributed by atoms with E-state index >= 15 is 0 Å². The van der Waals surface area contributed by atoms with Crippen molar-refractivity contribution in [1.29, 1.82) is 0 Å². The molecule has 1 heterocycles. The number of imide groups is 1. The summed E-state index contributed by atoms with van der Waals surface area (Å²) in [5, 5.41) is 0.383. The fraction of sp³-hybridized carbons (Fsp3) is 0.250. The molecule has 0 bridgehead atoms. The number of halogens is 2. The van der Waals surface area contributed by atoms with Gasteiger partial charge in [0.1, 0.15) is 6.54 Å². The van der Waals surface area contributed by atoms with Crippen LogP contribution >= 0.6 is 23.2 Å². The second-order valence-corrected chi connectivity index (χ2v) is 7.50. The summed E-state index contributed by atoms with van der Waals surface area (Å²) >= 11 is 11.9. The summed E-state index contributed by atoms with van der Waals surface area (Å²) in [6, 6.07) is 8.73. The minimum atomic E-state index is -0.540. The summed E-state index contributed by atoms with van der Waals surface area (Å²) in [6.07, 6.45) is 0. The van der Waals surface area contributed by atoms with E-state index in [2.05, 4.69) is 0 Å². The van der Waals surface area contributed by atoms with Crippen molar-refractivity contribution in [2.24, 2.45) is 0 Å². The molecule has 1 aliphatic heterocycles. The Morgan fingerprint density at radius 1 is 1.00 bits per heavy atom. The van der Waals surface area contributed by atoms with Crippen LogP contribution in [0, 0.1) is 13.8 Å². The predicted octanol–water partition coefficient (Wildman–Crippen LogP) is 3.86. The summed E-state index contributed by atoms with van der Waals surface area (Å²) < 4.78 is 0. The molecule has 0 atom stereocenters. The molecule has 2 aromatic carbocycles. The van der Waals surface area contributed by atoms with Crippen molar-refractivity contribution in [3.8, 4) is 0 Å². The van der Waals surface area contributed by atoms with Gasteiger partial charge in [0.15, 0.2) is 0 Å². The molecule has 5 nitrogen and oxygen atoms in total. The van der Waals surface area contributed by atoms with E-state index in [0.29, 0.717) is 6.54 Å². The second kappa shape index (κ2) is 7.33. The van der Waals surface area contributed by atoms with E-state index in [4.69, 9.17) is 23.2 Å². The van der Waals surface area contributed by atoms with Crippen LogP contribution in [0.25, 0.3) is 0 Å². The fourth-order valence-corrected chi connectivity index (χ4v) is 3.38. The first-order chi connectivity index (χ1) is 12.7. The minimum absolute atomic E-state index is 0.166. The number of amides is 3. The Hall–Kier alpha value is -2.37. The molecule has 0 N–H and O–H groups in total. The predicted molar refractivity (Wildman–Crippen MR) is 104 cm³/mol. The normalized spacial score (nSPS) is 13.1. The molecule has 3 rings (SSSR count). The molecule has 1 aliphatic rings. The van der Waals surface area contributed by atoms with Crippen LogP contribution in [-0.2, 0) is 11.3 Å². The third kappa shape index (κ3) is 3.70. The van der Waals surface area contributed by atoms with Gasteiger partial charge < -0.3 is 4.90 Å². The van der Waals surface area contributed by atoms with Crippen LogP contribution in [0.3, 0.4) is 0 Å². The number of rotatable bonds is 4. The van der Waals surface area contributed by atoms with Gasteiger partial charge in [0.05, 0.1) is 21.2 Å². The molecule has 27 heavy (non-hydrogen) atoms. The van der Waals surface area contributed by atoms with Crippen molar-refractivity contribution in [1.82, 2.24) is 9.80 Å². The standard InChI is InChI=1S/C20H18Cl2N2O3/c1-11-4-5-13(12(2)6-11)9-23(3)18(25)10-24-19(26)14-7-16(21)17(22)8-15(14)20(24)27/h4-8H,9-10H2,1-3H3. The van der Waals surface area contributed by atoms with Gasteiger partial charge in [-0.15, -0.1) is 0 Å². The Bertz CT molecular complexity index is 931.